The van der Waals surface area contributed by atoms with Gasteiger partial charge in [-0.1, -0.05) is 13.3 Å². The second-order valence-corrected chi connectivity index (χ2v) is 2.70. The predicted molar refractivity (Wildman–Crippen MR) is 51.3 cm³/mol. The molecule has 0 saturated carbocycles. The SMILES string of the molecule is [CH2]CCC(C(=O)OCC)C(=O)OCC. The third-order valence-electron chi connectivity index (χ3n) is 1.64. The molecule has 4 nitrogen and oxygen atoms in total. The number of hydrogen-bond acceptors (Lipinski definition) is 4. The van der Waals surface area contributed by atoms with E-state index in [1.54, 1.807) is 13.8 Å². The molecular formula is C10H17O4. The molecule has 0 fully saturated rings. The molecule has 4 heteroatoms. The number of rotatable bonds is 6. The third kappa shape index (κ3) is 4.25. The normalized spacial score (nSPS) is 10.0. The van der Waals surface area contributed by atoms with Gasteiger partial charge >= 0.3 is 11.9 Å². The van der Waals surface area contributed by atoms with Crippen LogP contribution in [0.4, 0.5) is 0 Å². The molecule has 0 aromatic carbocycles. The molecule has 14 heavy (non-hydrogen) atoms. The molecular weight excluding hydrogens is 184 g/mol. The molecule has 0 atom stereocenters. The highest BCUT2D eigenvalue weighted by Crippen LogP contribution is 2.10. The van der Waals surface area contributed by atoms with Gasteiger partial charge in [-0.3, -0.25) is 9.59 Å². The predicted octanol–water partition coefficient (Wildman–Crippen LogP) is 1.34. The fourth-order valence-corrected chi connectivity index (χ4v) is 1.02. The molecule has 0 amide bonds. The Hall–Kier alpha value is -1.06. The van der Waals surface area contributed by atoms with Gasteiger partial charge in [0.15, 0.2) is 5.92 Å². The van der Waals surface area contributed by atoms with Crippen LogP contribution in [0.25, 0.3) is 0 Å². The van der Waals surface area contributed by atoms with E-state index in [1.807, 2.05) is 0 Å². The fraction of sp³-hybridized carbons (Fsp3) is 0.700. The minimum Gasteiger partial charge on any atom is -0.465 e. The summed E-state index contributed by atoms with van der Waals surface area (Å²) in [6, 6.07) is 0. The van der Waals surface area contributed by atoms with Crippen molar-refractivity contribution >= 4 is 11.9 Å². The molecule has 0 rings (SSSR count). The van der Waals surface area contributed by atoms with Gasteiger partial charge in [-0.15, -0.1) is 0 Å². The Balaban J connectivity index is 4.25. The van der Waals surface area contributed by atoms with Gasteiger partial charge < -0.3 is 9.47 Å². The van der Waals surface area contributed by atoms with E-state index in [1.165, 1.54) is 0 Å². The summed E-state index contributed by atoms with van der Waals surface area (Å²) in [4.78, 5) is 22.6. The summed E-state index contributed by atoms with van der Waals surface area (Å²) >= 11 is 0. The topological polar surface area (TPSA) is 52.6 Å². The van der Waals surface area contributed by atoms with E-state index in [0.717, 1.165) is 0 Å². The van der Waals surface area contributed by atoms with E-state index in [2.05, 4.69) is 6.92 Å². The van der Waals surface area contributed by atoms with E-state index in [4.69, 9.17) is 9.47 Å². The molecule has 0 heterocycles. The van der Waals surface area contributed by atoms with Crippen LogP contribution in [0.5, 0.6) is 0 Å². The van der Waals surface area contributed by atoms with Crippen LogP contribution in [0, 0.1) is 12.8 Å². The molecule has 0 spiro atoms. The average Bonchev–Trinajstić information content (AvgIpc) is 2.14. The molecule has 0 aliphatic carbocycles. The van der Waals surface area contributed by atoms with Gasteiger partial charge in [0.25, 0.3) is 0 Å². The molecule has 81 valence electrons. The molecule has 0 bridgehead atoms. The first-order valence-corrected chi connectivity index (χ1v) is 4.79. The van der Waals surface area contributed by atoms with Crippen molar-refractivity contribution in [2.24, 2.45) is 5.92 Å². The zero-order valence-corrected chi connectivity index (χ0v) is 8.75. The fourth-order valence-electron chi connectivity index (χ4n) is 1.02. The van der Waals surface area contributed by atoms with Crippen molar-refractivity contribution in [1.29, 1.82) is 0 Å². The lowest BCUT2D eigenvalue weighted by Crippen LogP contribution is -2.27. The van der Waals surface area contributed by atoms with Crippen LogP contribution in [0.1, 0.15) is 26.7 Å². The number of esters is 2. The van der Waals surface area contributed by atoms with Crippen molar-refractivity contribution < 1.29 is 19.1 Å². The van der Waals surface area contributed by atoms with Crippen molar-refractivity contribution in [3.05, 3.63) is 6.92 Å². The van der Waals surface area contributed by atoms with Gasteiger partial charge in [0.1, 0.15) is 0 Å². The highest BCUT2D eigenvalue weighted by molar-refractivity contribution is 5.94. The lowest BCUT2D eigenvalue weighted by atomic mass is 10.0. The minimum atomic E-state index is -0.813. The quantitative estimate of drug-likeness (QED) is 0.480. The van der Waals surface area contributed by atoms with Crippen molar-refractivity contribution in [3.63, 3.8) is 0 Å². The molecule has 0 aliphatic heterocycles. The summed E-state index contributed by atoms with van der Waals surface area (Å²) < 4.78 is 9.51. The number of carbonyl (C=O) groups excluding carboxylic acids is 2. The zero-order valence-electron chi connectivity index (χ0n) is 8.75. The molecule has 0 unspecified atom stereocenters. The molecule has 0 N–H and O–H groups in total. The number of carbonyl (C=O) groups is 2. The van der Waals surface area contributed by atoms with E-state index >= 15 is 0 Å². The van der Waals surface area contributed by atoms with E-state index in [-0.39, 0.29) is 13.2 Å². The second kappa shape index (κ2) is 7.35. The van der Waals surface area contributed by atoms with Crippen LogP contribution >= 0.6 is 0 Å². The molecule has 1 radical (unpaired) electrons. The van der Waals surface area contributed by atoms with Gasteiger partial charge in [0.2, 0.25) is 0 Å². The highest BCUT2D eigenvalue weighted by atomic mass is 16.6. The van der Waals surface area contributed by atoms with Gasteiger partial charge in [-0.05, 0) is 20.3 Å². The maximum absolute atomic E-state index is 11.3. The Morgan fingerprint density at radius 3 is 1.86 bits per heavy atom. The Morgan fingerprint density at radius 1 is 1.14 bits per heavy atom. The van der Waals surface area contributed by atoms with Crippen molar-refractivity contribution in [3.8, 4) is 0 Å². The lowest BCUT2D eigenvalue weighted by Gasteiger charge is -2.12. The van der Waals surface area contributed by atoms with Crippen molar-refractivity contribution in [2.45, 2.75) is 26.7 Å². The molecule has 0 aliphatic rings. The second-order valence-electron chi connectivity index (χ2n) is 2.70. The standard InChI is InChI=1S/C10H17O4/c1-4-7-8(9(11)13-5-2)10(12)14-6-3/h8H,1,4-7H2,2-3H3. The summed E-state index contributed by atoms with van der Waals surface area (Å²) in [6.45, 7) is 7.53. The van der Waals surface area contributed by atoms with Crippen LogP contribution in [0.15, 0.2) is 0 Å². The first kappa shape index (κ1) is 12.9. The Labute approximate surface area is 84.6 Å². The highest BCUT2D eigenvalue weighted by Gasteiger charge is 2.28. The van der Waals surface area contributed by atoms with E-state index in [9.17, 15) is 9.59 Å². The lowest BCUT2D eigenvalue weighted by molar-refractivity contribution is -0.161. The maximum atomic E-state index is 11.3. The largest absolute Gasteiger partial charge is 0.465 e. The van der Waals surface area contributed by atoms with Crippen LogP contribution in [0.2, 0.25) is 0 Å². The summed E-state index contributed by atoms with van der Waals surface area (Å²) in [6.07, 6.45) is 0.875. The van der Waals surface area contributed by atoms with Crippen LogP contribution in [-0.4, -0.2) is 25.2 Å². The van der Waals surface area contributed by atoms with Crippen LogP contribution < -0.4 is 0 Å². The maximum Gasteiger partial charge on any atom is 0.320 e. The van der Waals surface area contributed by atoms with Gasteiger partial charge in [-0.25, -0.2) is 0 Å². The molecule has 0 saturated heterocycles. The summed E-state index contributed by atoms with van der Waals surface area (Å²) in [5.74, 6) is -1.85. The van der Waals surface area contributed by atoms with Crippen molar-refractivity contribution in [2.75, 3.05) is 13.2 Å². The molecule has 0 aromatic rings. The third-order valence-corrected chi connectivity index (χ3v) is 1.64. The van der Waals surface area contributed by atoms with Crippen LogP contribution in [-0.2, 0) is 19.1 Å². The zero-order chi connectivity index (χ0) is 11.0. The van der Waals surface area contributed by atoms with Gasteiger partial charge in [0.05, 0.1) is 13.2 Å². The minimum absolute atomic E-state index is 0.270. The first-order valence-electron chi connectivity index (χ1n) is 4.79. The van der Waals surface area contributed by atoms with Crippen molar-refractivity contribution in [1.82, 2.24) is 0 Å². The number of ether oxygens (including phenoxy) is 2. The summed E-state index contributed by atoms with van der Waals surface area (Å²) in [7, 11) is 0. The smallest absolute Gasteiger partial charge is 0.320 e. The Kier molecular flexibility index (Phi) is 6.80. The van der Waals surface area contributed by atoms with E-state index < -0.39 is 17.9 Å². The monoisotopic (exact) mass is 201 g/mol. The van der Waals surface area contributed by atoms with Gasteiger partial charge in [0, 0.05) is 0 Å². The van der Waals surface area contributed by atoms with E-state index in [0.29, 0.717) is 12.8 Å². The number of hydrogen-bond donors (Lipinski definition) is 0. The van der Waals surface area contributed by atoms with Crippen LogP contribution in [0.3, 0.4) is 0 Å². The van der Waals surface area contributed by atoms with Gasteiger partial charge in [-0.2, -0.15) is 0 Å². The molecule has 0 aromatic heterocycles. The average molecular weight is 201 g/mol. The Morgan fingerprint density at radius 2 is 1.57 bits per heavy atom. The first-order chi connectivity index (χ1) is 6.67. The summed E-state index contributed by atoms with van der Waals surface area (Å²) in [5, 5.41) is 0. The summed E-state index contributed by atoms with van der Waals surface area (Å²) in [5.41, 5.74) is 0. The Bertz CT molecular complexity index is 171.